The molecule has 180 valence electrons. The summed E-state index contributed by atoms with van der Waals surface area (Å²) in [4.78, 5) is 23.6. The molecular weight excluding hydrogens is 456 g/mol. The zero-order valence-electron chi connectivity index (χ0n) is 19.2. The molecule has 4 aromatic carbocycles. The molecule has 0 heterocycles. The van der Waals surface area contributed by atoms with Crippen LogP contribution in [0.2, 0.25) is 0 Å². The molecule has 6 heteroatoms. The Kier molecular flexibility index (Phi) is 8.78. The Morgan fingerprint density at radius 3 is 1.58 bits per heavy atom. The SMILES string of the molecule is O=C(/C=C/c1ccc(O)cc1)c1ccc(O)cc1O.O=C(/C=C/c1ccccc1)c1ccccc1O. The Morgan fingerprint density at radius 2 is 1.00 bits per heavy atom. The molecule has 6 nitrogen and oxygen atoms in total. The molecule has 4 N–H and O–H groups in total. The second kappa shape index (κ2) is 12.4. The van der Waals surface area contributed by atoms with E-state index < -0.39 is 0 Å². The summed E-state index contributed by atoms with van der Waals surface area (Å²) in [5, 5.41) is 37.3. The van der Waals surface area contributed by atoms with Gasteiger partial charge < -0.3 is 20.4 Å². The second-order valence-electron chi connectivity index (χ2n) is 7.62. The van der Waals surface area contributed by atoms with Crippen molar-refractivity contribution in [2.45, 2.75) is 0 Å². The smallest absolute Gasteiger partial charge is 0.189 e. The average molecular weight is 481 g/mol. The van der Waals surface area contributed by atoms with E-state index in [0.717, 1.165) is 17.2 Å². The molecule has 0 spiro atoms. The van der Waals surface area contributed by atoms with E-state index in [9.17, 15) is 19.8 Å². The zero-order chi connectivity index (χ0) is 25.9. The first-order valence-electron chi connectivity index (χ1n) is 10.9. The van der Waals surface area contributed by atoms with E-state index in [-0.39, 0.29) is 40.1 Å². The van der Waals surface area contributed by atoms with Crippen molar-refractivity contribution in [2.24, 2.45) is 0 Å². The van der Waals surface area contributed by atoms with Gasteiger partial charge in [-0.25, -0.2) is 0 Å². The maximum Gasteiger partial charge on any atom is 0.189 e. The van der Waals surface area contributed by atoms with Crippen LogP contribution >= 0.6 is 0 Å². The molecule has 0 bridgehead atoms. The monoisotopic (exact) mass is 480 g/mol. The van der Waals surface area contributed by atoms with Crippen LogP contribution in [0.25, 0.3) is 12.2 Å². The fraction of sp³-hybridized carbons (Fsp3) is 0. The van der Waals surface area contributed by atoms with Crippen LogP contribution in [-0.4, -0.2) is 32.0 Å². The highest BCUT2D eigenvalue weighted by Gasteiger charge is 2.08. The molecule has 0 aliphatic carbocycles. The average Bonchev–Trinajstić information content (AvgIpc) is 2.88. The summed E-state index contributed by atoms with van der Waals surface area (Å²) >= 11 is 0. The van der Waals surface area contributed by atoms with Gasteiger partial charge in [-0.05, 0) is 59.7 Å². The van der Waals surface area contributed by atoms with E-state index in [4.69, 9.17) is 10.2 Å². The largest absolute Gasteiger partial charge is 0.508 e. The number of allylic oxidation sites excluding steroid dienone is 2. The Balaban J connectivity index is 0.000000202. The normalized spacial score (nSPS) is 10.7. The van der Waals surface area contributed by atoms with Crippen molar-refractivity contribution < 1.29 is 30.0 Å². The molecule has 0 aliphatic heterocycles. The van der Waals surface area contributed by atoms with Gasteiger partial charge >= 0.3 is 0 Å². The van der Waals surface area contributed by atoms with Crippen molar-refractivity contribution in [2.75, 3.05) is 0 Å². The number of carbonyl (C=O) groups excluding carboxylic acids is 2. The fourth-order valence-electron chi connectivity index (χ4n) is 3.08. The second-order valence-corrected chi connectivity index (χ2v) is 7.62. The summed E-state index contributed by atoms with van der Waals surface area (Å²) in [6.07, 6.45) is 6.09. The van der Waals surface area contributed by atoms with Gasteiger partial charge in [0, 0.05) is 6.07 Å². The minimum Gasteiger partial charge on any atom is -0.508 e. The van der Waals surface area contributed by atoms with Crippen molar-refractivity contribution in [3.63, 3.8) is 0 Å². The van der Waals surface area contributed by atoms with E-state index in [1.54, 1.807) is 42.5 Å². The number of phenols is 4. The standard InChI is InChI=1S/C15H12O4.C15H12O2/c16-11-4-1-10(2-5-11)3-8-14(18)13-7-6-12(17)9-15(13)19;16-14-9-5-4-8-13(14)15(17)11-10-12-6-2-1-3-7-12/h1-9,16-17,19H;1-11,16H/b8-3+;11-10+. The number of carbonyl (C=O) groups is 2. The van der Waals surface area contributed by atoms with E-state index in [1.165, 1.54) is 42.5 Å². The van der Waals surface area contributed by atoms with E-state index in [2.05, 4.69) is 0 Å². The van der Waals surface area contributed by atoms with Crippen LogP contribution in [0.4, 0.5) is 0 Å². The molecular formula is C30H24O6. The summed E-state index contributed by atoms with van der Waals surface area (Å²) in [6, 6.07) is 26.2. The first-order chi connectivity index (χ1) is 17.3. The lowest BCUT2D eigenvalue weighted by molar-refractivity contribution is 0.103. The Bertz CT molecular complexity index is 1390. The highest BCUT2D eigenvalue weighted by Crippen LogP contribution is 2.23. The van der Waals surface area contributed by atoms with Gasteiger partial charge in [-0.15, -0.1) is 0 Å². The number of aromatic hydroxyl groups is 4. The first-order valence-corrected chi connectivity index (χ1v) is 10.9. The summed E-state index contributed by atoms with van der Waals surface area (Å²) in [7, 11) is 0. The first kappa shape index (κ1) is 25.5. The van der Waals surface area contributed by atoms with Gasteiger partial charge in [-0.1, -0.05) is 66.7 Å². The van der Waals surface area contributed by atoms with Gasteiger partial charge in [0.05, 0.1) is 11.1 Å². The van der Waals surface area contributed by atoms with Crippen molar-refractivity contribution in [1.29, 1.82) is 0 Å². The lowest BCUT2D eigenvalue weighted by Gasteiger charge is -2.01. The number of rotatable bonds is 6. The van der Waals surface area contributed by atoms with Crippen molar-refractivity contribution >= 4 is 23.7 Å². The Hall–Kier alpha value is -5.10. The van der Waals surface area contributed by atoms with Gasteiger partial charge in [0.25, 0.3) is 0 Å². The molecule has 0 aromatic heterocycles. The van der Waals surface area contributed by atoms with Crippen LogP contribution in [-0.2, 0) is 0 Å². The third-order valence-electron chi connectivity index (χ3n) is 4.96. The minimum absolute atomic E-state index is 0.00946. The van der Waals surface area contributed by atoms with Gasteiger partial charge in [0.1, 0.15) is 23.0 Å². The van der Waals surface area contributed by atoms with Crippen LogP contribution < -0.4 is 0 Å². The highest BCUT2D eigenvalue weighted by molar-refractivity contribution is 6.09. The molecule has 0 amide bonds. The summed E-state index contributed by atoms with van der Waals surface area (Å²) in [5.74, 6) is -0.774. The fourth-order valence-corrected chi connectivity index (χ4v) is 3.08. The molecule has 4 rings (SSSR count). The van der Waals surface area contributed by atoms with Gasteiger partial charge in [-0.3, -0.25) is 9.59 Å². The van der Waals surface area contributed by atoms with Gasteiger partial charge in [-0.2, -0.15) is 0 Å². The van der Waals surface area contributed by atoms with Crippen LogP contribution in [0.5, 0.6) is 23.0 Å². The Labute approximate surface area is 208 Å². The quantitative estimate of drug-likeness (QED) is 0.199. The molecule has 0 unspecified atom stereocenters. The number of hydrogen-bond acceptors (Lipinski definition) is 6. The van der Waals surface area contributed by atoms with E-state index in [1.807, 2.05) is 30.3 Å². The van der Waals surface area contributed by atoms with Gasteiger partial charge in [0.2, 0.25) is 0 Å². The van der Waals surface area contributed by atoms with Crippen molar-refractivity contribution in [1.82, 2.24) is 0 Å². The van der Waals surface area contributed by atoms with Crippen molar-refractivity contribution in [3.8, 4) is 23.0 Å². The predicted molar refractivity (Wildman–Crippen MR) is 139 cm³/mol. The topological polar surface area (TPSA) is 115 Å². The highest BCUT2D eigenvalue weighted by atomic mass is 16.3. The van der Waals surface area contributed by atoms with Crippen LogP contribution in [0.1, 0.15) is 31.8 Å². The summed E-state index contributed by atoms with van der Waals surface area (Å²) in [6.45, 7) is 0. The molecule has 0 saturated heterocycles. The molecule has 0 fully saturated rings. The number of ketones is 2. The van der Waals surface area contributed by atoms with Gasteiger partial charge in [0.15, 0.2) is 11.6 Å². The maximum atomic E-state index is 11.8. The minimum atomic E-state index is -0.370. The van der Waals surface area contributed by atoms with Crippen LogP contribution in [0.3, 0.4) is 0 Å². The van der Waals surface area contributed by atoms with Crippen LogP contribution in [0, 0.1) is 0 Å². The third kappa shape index (κ3) is 7.46. The van der Waals surface area contributed by atoms with Crippen LogP contribution in [0.15, 0.2) is 109 Å². The maximum absolute atomic E-state index is 11.8. The number of hydrogen-bond donors (Lipinski definition) is 4. The molecule has 0 atom stereocenters. The predicted octanol–water partition coefficient (Wildman–Crippen LogP) is 5.99. The van der Waals surface area contributed by atoms with E-state index >= 15 is 0 Å². The lowest BCUT2D eigenvalue weighted by Crippen LogP contribution is -1.94. The number of phenolic OH excluding ortho intramolecular Hbond substituents is 4. The summed E-state index contributed by atoms with van der Waals surface area (Å²) < 4.78 is 0. The van der Waals surface area contributed by atoms with E-state index in [0.29, 0.717) is 5.56 Å². The number of benzene rings is 4. The molecule has 0 radical (unpaired) electrons. The molecule has 0 saturated carbocycles. The molecule has 4 aromatic rings. The molecule has 0 aliphatic rings. The lowest BCUT2D eigenvalue weighted by atomic mass is 10.1. The zero-order valence-corrected chi connectivity index (χ0v) is 19.2. The Morgan fingerprint density at radius 1 is 0.500 bits per heavy atom. The number of para-hydroxylation sites is 1. The van der Waals surface area contributed by atoms with Crippen molar-refractivity contribution in [3.05, 3.63) is 131 Å². The third-order valence-corrected chi connectivity index (χ3v) is 4.96. The summed E-state index contributed by atoms with van der Waals surface area (Å²) in [5.41, 5.74) is 2.15. The molecule has 36 heavy (non-hydrogen) atoms.